The van der Waals surface area contributed by atoms with E-state index < -0.39 is 0 Å². The first-order valence-electron chi connectivity index (χ1n) is 9.10. The fourth-order valence-corrected chi connectivity index (χ4v) is 3.30. The van der Waals surface area contributed by atoms with Gasteiger partial charge in [0, 0.05) is 19.2 Å². The Hall–Kier alpha value is -2.98. The third kappa shape index (κ3) is 3.81. The molecule has 4 nitrogen and oxygen atoms in total. The number of ether oxygens (including phenoxy) is 1. The maximum atomic E-state index is 9.42. The van der Waals surface area contributed by atoms with Crippen LogP contribution in [0.3, 0.4) is 0 Å². The standard InChI is InChI=1S/C22H23N3O/c1-16-7-8-20(11-17(16)2)26-22-13-19(15-24)18(14-23)12-21(22)25-9-5-3-4-6-10-25/h7-8,11-13H,3-6,9-10H2,1-2H3. The Morgan fingerprint density at radius 2 is 1.50 bits per heavy atom. The second-order valence-electron chi connectivity index (χ2n) is 6.84. The summed E-state index contributed by atoms with van der Waals surface area (Å²) in [6.45, 7) is 6.01. The van der Waals surface area contributed by atoms with Gasteiger partial charge in [-0.15, -0.1) is 0 Å². The molecule has 0 bridgehead atoms. The predicted molar refractivity (Wildman–Crippen MR) is 103 cm³/mol. The Morgan fingerprint density at radius 1 is 0.846 bits per heavy atom. The molecular weight excluding hydrogens is 322 g/mol. The van der Waals surface area contributed by atoms with Crippen LogP contribution in [0.2, 0.25) is 0 Å². The van der Waals surface area contributed by atoms with E-state index in [1.165, 1.54) is 18.4 Å². The van der Waals surface area contributed by atoms with Gasteiger partial charge in [-0.3, -0.25) is 0 Å². The van der Waals surface area contributed by atoms with Crippen LogP contribution in [-0.2, 0) is 0 Å². The second-order valence-corrected chi connectivity index (χ2v) is 6.84. The summed E-state index contributed by atoms with van der Waals surface area (Å²) in [6.07, 6.45) is 4.71. The lowest BCUT2D eigenvalue weighted by atomic mass is 10.1. The van der Waals surface area contributed by atoms with Gasteiger partial charge in [0.15, 0.2) is 5.75 Å². The average Bonchev–Trinajstić information content (AvgIpc) is 2.93. The molecule has 0 amide bonds. The van der Waals surface area contributed by atoms with Crippen molar-refractivity contribution in [2.75, 3.05) is 18.0 Å². The van der Waals surface area contributed by atoms with Gasteiger partial charge < -0.3 is 9.64 Å². The van der Waals surface area contributed by atoms with E-state index in [0.29, 0.717) is 16.9 Å². The van der Waals surface area contributed by atoms with Crippen molar-refractivity contribution in [2.24, 2.45) is 0 Å². The molecule has 2 aromatic rings. The summed E-state index contributed by atoms with van der Waals surface area (Å²) in [5, 5.41) is 18.8. The SMILES string of the molecule is Cc1ccc(Oc2cc(C#N)c(C#N)cc2N2CCCCCC2)cc1C. The van der Waals surface area contributed by atoms with Gasteiger partial charge in [-0.1, -0.05) is 18.9 Å². The summed E-state index contributed by atoms with van der Waals surface area (Å²) in [5.74, 6) is 1.39. The molecule has 1 saturated heterocycles. The van der Waals surface area contributed by atoms with Crippen molar-refractivity contribution < 1.29 is 4.74 Å². The van der Waals surface area contributed by atoms with Gasteiger partial charge in [-0.05, 0) is 56.0 Å². The number of rotatable bonds is 3. The molecule has 1 fully saturated rings. The third-order valence-corrected chi connectivity index (χ3v) is 4.99. The lowest BCUT2D eigenvalue weighted by Gasteiger charge is -2.25. The van der Waals surface area contributed by atoms with Gasteiger partial charge in [0.05, 0.1) is 16.8 Å². The van der Waals surface area contributed by atoms with E-state index in [0.717, 1.165) is 42.9 Å². The first-order chi connectivity index (χ1) is 12.6. The van der Waals surface area contributed by atoms with E-state index in [1.54, 1.807) is 12.1 Å². The van der Waals surface area contributed by atoms with Gasteiger partial charge in [-0.25, -0.2) is 0 Å². The molecule has 0 aromatic heterocycles. The number of aryl methyl sites for hydroxylation is 2. The molecule has 4 heteroatoms. The van der Waals surface area contributed by atoms with Crippen LogP contribution < -0.4 is 9.64 Å². The zero-order valence-electron chi connectivity index (χ0n) is 15.4. The molecule has 1 aliphatic heterocycles. The van der Waals surface area contributed by atoms with E-state index >= 15 is 0 Å². The maximum Gasteiger partial charge on any atom is 0.152 e. The Balaban J connectivity index is 2.04. The highest BCUT2D eigenvalue weighted by molar-refractivity contribution is 5.67. The molecule has 3 rings (SSSR count). The van der Waals surface area contributed by atoms with E-state index in [-0.39, 0.29) is 0 Å². The van der Waals surface area contributed by atoms with Gasteiger partial charge >= 0.3 is 0 Å². The molecule has 132 valence electrons. The van der Waals surface area contributed by atoms with Crippen molar-refractivity contribution in [2.45, 2.75) is 39.5 Å². The number of nitriles is 2. The molecule has 0 unspecified atom stereocenters. The van der Waals surface area contributed by atoms with Crippen LogP contribution >= 0.6 is 0 Å². The topological polar surface area (TPSA) is 60.0 Å². The Kier molecular flexibility index (Phi) is 5.44. The number of hydrogen-bond donors (Lipinski definition) is 0. The zero-order valence-corrected chi connectivity index (χ0v) is 15.4. The highest BCUT2D eigenvalue weighted by atomic mass is 16.5. The summed E-state index contributed by atoms with van der Waals surface area (Å²) >= 11 is 0. The summed E-state index contributed by atoms with van der Waals surface area (Å²) < 4.78 is 6.18. The van der Waals surface area contributed by atoms with E-state index in [1.807, 2.05) is 18.2 Å². The molecule has 26 heavy (non-hydrogen) atoms. The Labute approximate surface area is 155 Å². The predicted octanol–water partition coefficient (Wildman–Crippen LogP) is 5.22. The smallest absolute Gasteiger partial charge is 0.152 e. The summed E-state index contributed by atoms with van der Waals surface area (Å²) in [4.78, 5) is 2.28. The quantitative estimate of drug-likeness (QED) is 0.765. The summed E-state index contributed by atoms with van der Waals surface area (Å²) in [6, 6.07) is 13.7. The van der Waals surface area contributed by atoms with Crippen molar-refractivity contribution in [1.82, 2.24) is 0 Å². The number of benzene rings is 2. The molecule has 0 spiro atoms. The molecule has 0 radical (unpaired) electrons. The average molecular weight is 345 g/mol. The Bertz CT molecular complexity index is 881. The van der Waals surface area contributed by atoms with Crippen molar-refractivity contribution in [3.05, 3.63) is 52.6 Å². The highest BCUT2D eigenvalue weighted by Gasteiger charge is 2.18. The third-order valence-electron chi connectivity index (χ3n) is 4.99. The molecule has 0 N–H and O–H groups in total. The largest absolute Gasteiger partial charge is 0.455 e. The molecule has 0 saturated carbocycles. The van der Waals surface area contributed by atoms with Crippen LogP contribution in [0.15, 0.2) is 30.3 Å². The number of hydrogen-bond acceptors (Lipinski definition) is 4. The molecule has 2 aromatic carbocycles. The fourth-order valence-electron chi connectivity index (χ4n) is 3.30. The molecule has 1 aliphatic rings. The molecule has 1 heterocycles. The van der Waals surface area contributed by atoms with Crippen molar-refractivity contribution in [1.29, 1.82) is 10.5 Å². The normalized spacial score (nSPS) is 14.2. The van der Waals surface area contributed by atoms with Crippen LogP contribution in [0.1, 0.15) is 47.9 Å². The van der Waals surface area contributed by atoms with Gasteiger partial charge in [0.2, 0.25) is 0 Å². The zero-order chi connectivity index (χ0) is 18.5. The minimum atomic E-state index is 0.352. The van der Waals surface area contributed by atoms with Gasteiger partial charge in [-0.2, -0.15) is 10.5 Å². The lowest BCUT2D eigenvalue weighted by Crippen LogP contribution is -2.24. The minimum absolute atomic E-state index is 0.352. The van der Waals surface area contributed by atoms with E-state index in [2.05, 4.69) is 30.9 Å². The minimum Gasteiger partial charge on any atom is -0.455 e. The monoisotopic (exact) mass is 345 g/mol. The van der Waals surface area contributed by atoms with Crippen LogP contribution in [0.25, 0.3) is 0 Å². The van der Waals surface area contributed by atoms with E-state index in [9.17, 15) is 10.5 Å². The van der Waals surface area contributed by atoms with Gasteiger partial charge in [0.1, 0.15) is 17.9 Å². The van der Waals surface area contributed by atoms with Crippen molar-refractivity contribution >= 4 is 5.69 Å². The fraction of sp³-hybridized carbons (Fsp3) is 0.364. The molecule has 0 atom stereocenters. The van der Waals surface area contributed by atoms with Crippen molar-refractivity contribution in [3.63, 3.8) is 0 Å². The summed E-state index contributed by atoms with van der Waals surface area (Å²) in [7, 11) is 0. The first-order valence-corrected chi connectivity index (χ1v) is 9.10. The highest BCUT2D eigenvalue weighted by Crippen LogP contribution is 2.36. The number of anilines is 1. The van der Waals surface area contributed by atoms with Crippen LogP contribution in [0.5, 0.6) is 11.5 Å². The van der Waals surface area contributed by atoms with Gasteiger partial charge in [0.25, 0.3) is 0 Å². The lowest BCUT2D eigenvalue weighted by molar-refractivity contribution is 0.480. The Morgan fingerprint density at radius 3 is 2.12 bits per heavy atom. The van der Waals surface area contributed by atoms with Crippen molar-refractivity contribution in [3.8, 4) is 23.6 Å². The molecule has 0 aliphatic carbocycles. The first kappa shape index (κ1) is 17.8. The van der Waals surface area contributed by atoms with E-state index in [4.69, 9.17) is 4.74 Å². The summed E-state index contributed by atoms with van der Waals surface area (Å²) in [5.41, 5.74) is 4.03. The van der Waals surface area contributed by atoms with Crippen LogP contribution in [0.4, 0.5) is 5.69 Å². The second kappa shape index (κ2) is 7.93. The van der Waals surface area contributed by atoms with Crippen LogP contribution in [0, 0.1) is 36.5 Å². The number of nitrogens with zero attached hydrogens (tertiary/aromatic N) is 3. The maximum absolute atomic E-state index is 9.42. The molecular formula is C22H23N3O. The van der Waals surface area contributed by atoms with Crippen LogP contribution in [-0.4, -0.2) is 13.1 Å².